The van der Waals surface area contributed by atoms with E-state index >= 15 is 0 Å². The minimum atomic E-state index is -0.486. The van der Waals surface area contributed by atoms with Crippen LogP contribution in [0.3, 0.4) is 0 Å². The smallest absolute Gasteiger partial charge is 0.325 e. The van der Waals surface area contributed by atoms with Gasteiger partial charge >= 0.3 is 5.69 Å². The van der Waals surface area contributed by atoms with E-state index in [1.807, 2.05) is 4.57 Å². The highest BCUT2D eigenvalue weighted by molar-refractivity contribution is 8.00. The first-order chi connectivity index (χ1) is 15.4. The van der Waals surface area contributed by atoms with Gasteiger partial charge in [0.25, 0.3) is 5.69 Å². The number of nitro groups is 1. The Morgan fingerprint density at radius 2 is 1.91 bits per heavy atom. The molecule has 0 fully saturated rings. The average Bonchev–Trinajstić information content (AvgIpc) is 2.80. The maximum absolute atomic E-state index is 12.8. The number of aromatic nitrogens is 2. The molecular formula is C22H29N5O4S. The lowest BCUT2D eigenvalue weighted by Gasteiger charge is -2.24. The predicted molar refractivity (Wildman–Crippen MR) is 125 cm³/mol. The van der Waals surface area contributed by atoms with E-state index in [0.29, 0.717) is 17.3 Å². The standard InChI is InChI=1S/C22H29N5O4S/c1-3-25(4-2)13-14-26-19-8-6-5-7-18(19)21(24-22(26)29)32-15-20(28)23-16-9-11-17(12-10-16)27(30)31/h9-12H,3-8,13-15H2,1-2H3,(H,23,28). The second kappa shape index (κ2) is 11.2. The van der Waals surface area contributed by atoms with Crippen molar-refractivity contribution in [3.63, 3.8) is 0 Å². The fourth-order valence-corrected chi connectivity index (χ4v) is 4.75. The summed E-state index contributed by atoms with van der Waals surface area (Å²) in [7, 11) is 0. The number of fused-ring (bicyclic) bond motifs is 1. The van der Waals surface area contributed by atoms with E-state index < -0.39 is 4.92 Å². The quantitative estimate of drug-likeness (QED) is 0.252. The molecule has 32 heavy (non-hydrogen) atoms. The van der Waals surface area contributed by atoms with Crippen LogP contribution in [0.1, 0.15) is 37.9 Å². The molecule has 2 aromatic rings. The van der Waals surface area contributed by atoms with E-state index in [2.05, 4.69) is 29.0 Å². The number of carbonyl (C=O) groups excluding carboxylic acids is 1. The highest BCUT2D eigenvalue weighted by atomic mass is 32.2. The van der Waals surface area contributed by atoms with Crippen molar-refractivity contribution in [3.8, 4) is 0 Å². The van der Waals surface area contributed by atoms with Gasteiger partial charge in [-0.3, -0.25) is 19.5 Å². The number of nitrogens with zero attached hydrogens (tertiary/aromatic N) is 4. The molecule has 172 valence electrons. The summed E-state index contributed by atoms with van der Waals surface area (Å²) in [5, 5.41) is 14.1. The Kier molecular flexibility index (Phi) is 8.40. The van der Waals surface area contributed by atoms with Gasteiger partial charge in [-0.05, 0) is 50.9 Å². The Hall–Kier alpha value is -2.72. The molecule has 3 rings (SSSR count). The van der Waals surface area contributed by atoms with Crippen LogP contribution >= 0.6 is 11.8 Å². The Balaban J connectivity index is 1.69. The summed E-state index contributed by atoms with van der Waals surface area (Å²) in [5.74, 6) is -0.139. The zero-order chi connectivity index (χ0) is 23.1. The summed E-state index contributed by atoms with van der Waals surface area (Å²) in [4.78, 5) is 42.0. The molecule has 1 aliphatic rings. The van der Waals surface area contributed by atoms with Crippen molar-refractivity contribution < 1.29 is 9.72 Å². The molecule has 0 saturated carbocycles. The monoisotopic (exact) mass is 459 g/mol. The van der Waals surface area contributed by atoms with Crippen molar-refractivity contribution in [2.45, 2.75) is 51.1 Å². The average molecular weight is 460 g/mol. The van der Waals surface area contributed by atoms with Crippen molar-refractivity contribution >= 4 is 29.0 Å². The number of thioether (sulfide) groups is 1. The molecule has 1 aromatic heterocycles. The van der Waals surface area contributed by atoms with Crippen LogP contribution in [-0.2, 0) is 24.2 Å². The third-order valence-corrected chi connectivity index (χ3v) is 6.70. The molecule has 1 amide bonds. The maximum atomic E-state index is 12.8. The molecule has 1 N–H and O–H groups in total. The largest absolute Gasteiger partial charge is 0.348 e. The van der Waals surface area contributed by atoms with Gasteiger partial charge in [0.1, 0.15) is 5.03 Å². The number of hydrogen-bond acceptors (Lipinski definition) is 7. The molecule has 0 aliphatic heterocycles. The van der Waals surface area contributed by atoms with Gasteiger partial charge in [-0.2, -0.15) is 4.98 Å². The van der Waals surface area contributed by atoms with Gasteiger partial charge < -0.3 is 10.2 Å². The normalized spacial score (nSPS) is 13.1. The molecule has 0 radical (unpaired) electrons. The molecule has 1 aromatic carbocycles. The molecule has 0 saturated heterocycles. The van der Waals surface area contributed by atoms with Crippen LogP contribution < -0.4 is 11.0 Å². The number of benzene rings is 1. The Labute approximate surface area is 191 Å². The summed E-state index contributed by atoms with van der Waals surface area (Å²) >= 11 is 1.27. The van der Waals surface area contributed by atoms with Gasteiger partial charge in [-0.1, -0.05) is 25.6 Å². The second-order valence-corrected chi connectivity index (χ2v) is 8.62. The van der Waals surface area contributed by atoms with Crippen molar-refractivity contribution in [3.05, 3.63) is 56.1 Å². The number of amides is 1. The van der Waals surface area contributed by atoms with Crippen LogP contribution in [0.2, 0.25) is 0 Å². The Morgan fingerprint density at radius 3 is 2.56 bits per heavy atom. The fourth-order valence-electron chi connectivity index (χ4n) is 3.88. The molecule has 10 heteroatoms. The number of nitro benzene ring substituents is 1. The topological polar surface area (TPSA) is 110 Å². The minimum Gasteiger partial charge on any atom is -0.325 e. The second-order valence-electron chi connectivity index (χ2n) is 7.65. The maximum Gasteiger partial charge on any atom is 0.348 e. The molecule has 9 nitrogen and oxygen atoms in total. The van der Waals surface area contributed by atoms with Crippen LogP contribution in [0.4, 0.5) is 11.4 Å². The summed E-state index contributed by atoms with van der Waals surface area (Å²) in [5.41, 5.74) is 2.35. The molecule has 0 atom stereocenters. The molecule has 0 unspecified atom stereocenters. The van der Waals surface area contributed by atoms with Crippen molar-refractivity contribution in [2.75, 3.05) is 30.7 Å². The number of likely N-dealkylation sites (N-methyl/N-ethyl adjacent to an activating group) is 1. The van der Waals surface area contributed by atoms with Gasteiger partial charge in [0, 0.05) is 42.2 Å². The Morgan fingerprint density at radius 1 is 1.22 bits per heavy atom. The van der Waals surface area contributed by atoms with Crippen LogP contribution in [-0.4, -0.2) is 50.7 Å². The van der Waals surface area contributed by atoms with Crippen LogP contribution in [0.15, 0.2) is 34.1 Å². The van der Waals surface area contributed by atoms with Crippen LogP contribution in [0.25, 0.3) is 0 Å². The highest BCUT2D eigenvalue weighted by Gasteiger charge is 2.21. The number of carbonyl (C=O) groups is 1. The predicted octanol–water partition coefficient (Wildman–Crippen LogP) is 3.10. The lowest BCUT2D eigenvalue weighted by Crippen LogP contribution is -2.35. The van der Waals surface area contributed by atoms with Crippen molar-refractivity contribution in [2.24, 2.45) is 0 Å². The summed E-state index contributed by atoms with van der Waals surface area (Å²) in [6, 6.07) is 5.69. The van der Waals surface area contributed by atoms with Crippen LogP contribution in [0, 0.1) is 10.1 Å². The summed E-state index contributed by atoms with van der Waals surface area (Å²) < 4.78 is 1.81. The first-order valence-electron chi connectivity index (χ1n) is 10.9. The Bertz CT molecular complexity index is 1020. The van der Waals surface area contributed by atoms with Gasteiger partial charge in [0.05, 0.1) is 10.7 Å². The number of hydrogen-bond donors (Lipinski definition) is 1. The lowest BCUT2D eigenvalue weighted by molar-refractivity contribution is -0.384. The third kappa shape index (κ3) is 5.95. The SMILES string of the molecule is CCN(CC)CCn1c2c(c(SCC(=O)Nc3ccc([N+](=O)[O-])cc3)nc1=O)CCCC2. The van der Waals surface area contributed by atoms with Crippen molar-refractivity contribution in [1.82, 2.24) is 14.5 Å². The fraction of sp³-hybridized carbons (Fsp3) is 0.500. The van der Waals surface area contributed by atoms with E-state index in [4.69, 9.17) is 0 Å². The lowest BCUT2D eigenvalue weighted by atomic mass is 9.97. The number of nitrogens with one attached hydrogen (secondary N) is 1. The van der Waals surface area contributed by atoms with Gasteiger partial charge in [-0.25, -0.2) is 4.79 Å². The molecular weight excluding hydrogens is 430 g/mol. The molecule has 1 heterocycles. The van der Waals surface area contributed by atoms with Crippen molar-refractivity contribution in [1.29, 1.82) is 0 Å². The minimum absolute atomic E-state index is 0.0326. The molecule has 0 spiro atoms. The zero-order valence-electron chi connectivity index (χ0n) is 18.5. The third-order valence-electron chi connectivity index (χ3n) is 5.69. The number of non-ortho nitro benzene ring substituents is 1. The van der Waals surface area contributed by atoms with Gasteiger partial charge in [-0.15, -0.1) is 0 Å². The van der Waals surface area contributed by atoms with Gasteiger partial charge in [0.2, 0.25) is 5.91 Å². The first kappa shape index (κ1) is 23.9. The van der Waals surface area contributed by atoms with Gasteiger partial charge in [0.15, 0.2) is 0 Å². The van der Waals surface area contributed by atoms with E-state index in [1.54, 1.807) is 0 Å². The van der Waals surface area contributed by atoms with E-state index in [1.165, 1.54) is 36.0 Å². The zero-order valence-corrected chi connectivity index (χ0v) is 19.3. The van der Waals surface area contributed by atoms with E-state index in [0.717, 1.165) is 56.6 Å². The van der Waals surface area contributed by atoms with Crippen LogP contribution in [0.5, 0.6) is 0 Å². The van der Waals surface area contributed by atoms with E-state index in [9.17, 15) is 19.7 Å². The first-order valence-corrected chi connectivity index (χ1v) is 11.9. The number of anilines is 1. The van der Waals surface area contributed by atoms with E-state index in [-0.39, 0.29) is 23.0 Å². The summed E-state index contributed by atoms with van der Waals surface area (Å²) in [6.07, 6.45) is 3.81. The molecule has 0 bridgehead atoms. The highest BCUT2D eigenvalue weighted by Crippen LogP contribution is 2.28. The number of rotatable bonds is 10. The summed E-state index contributed by atoms with van der Waals surface area (Å²) in [6.45, 7) is 7.55. The molecule has 1 aliphatic carbocycles.